The highest BCUT2D eigenvalue weighted by Gasteiger charge is 2.10. The first-order valence-electron chi connectivity index (χ1n) is 7.03. The van der Waals surface area contributed by atoms with Crippen LogP contribution in [0.3, 0.4) is 0 Å². The third kappa shape index (κ3) is 5.58. The summed E-state index contributed by atoms with van der Waals surface area (Å²) < 4.78 is 5.82. The highest BCUT2D eigenvalue weighted by atomic mass is 35.5. The zero-order valence-corrected chi connectivity index (χ0v) is 13.5. The Balaban J connectivity index is 1.93. The van der Waals surface area contributed by atoms with Crippen molar-refractivity contribution in [1.82, 2.24) is 5.32 Å². The van der Waals surface area contributed by atoms with Gasteiger partial charge >= 0.3 is 0 Å². The molecule has 2 nitrogen and oxygen atoms in total. The number of benzene rings is 2. The molecule has 2 rings (SSSR count). The first-order chi connectivity index (χ1) is 10.2. The molecule has 4 heteroatoms. The predicted molar refractivity (Wildman–Crippen MR) is 89.6 cm³/mol. The summed E-state index contributed by atoms with van der Waals surface area (Å²) in [5.41, 5.74) is 1.20. The van der Waals surface area contributed by atoms with Crippen LogP contribution in [0.5, 0.6) is 5.75 Å². The van der Waals surface area contributed by atoms with Gasteiger partial charge in [0.05, 0.1) is 0 Å². The molecule has 1 unspecified atom stereocenters. The summed E-state index contributed by atoms with van der Waals surface area (Å²) in [5.74, 6) is 0.827. The van der Waals surface area contributed by atoms with E-state index in [-0.39, 0.29) is 6.04 Å². The minimum atomic E-state index is 0.240. The van der Waals surface area contributed by atoms with Crippen molar-refractivity contribution in [1.29, 1.82) is 0 Å². The second-order valence-corrected chi connectivity index (χ2v) is 5.73. The molecule has 0 fully saturated rings. The van der Waals surface area contributed by atoms with E-state index < -0.39 is 0 Å². The molecule has 1 atom stereocenters. The lowest BCUT2D eigenvalue weighted by Gasteiger charge is -2.19. The van der Waals surface area contributed by atoms with Crippen LogP contribution in [0, 0.1) is 0 Å². The molecule has 2 aromatic carbocycles. The number of nitrogens with one attached hydrogen (secondary N) is 1. The summed E-state index contributed by atoms with van der Waals surface area (Å²) in [5, 5.41) is 4.92. The normalized spacial score (nSPS) is 12.1. The summed E-state index contributed by atoms with van der Waals surface area (Å²) >= 11 is 11.9. The maximum Gasteiger partial charge on any atom is 0.119 e. The fraction of sp³-hybridized carbons (Fsp3) is 0.294. The van der Waals surface area contributed by atoms with Gasteiger partial charge < -0.3 is 10.1 Å². The predicted octanol–water partition coefficient (Wildman–Crippen LogP) is 4.59. The van der Waals surface area contributed by atoms with Gasteiger partial charge in [-0.3, -0.25) is 0 Å². The van der Waals surface area contributed by atoms with Gasteiger partial charge in [0.1, 0.15) is 12.4 Å². The van der Waals surface area contributed by atoms with Crippen LogP contribution in [0.1, 0.15) is 12.5 Å². The quantitative estimate of drug-likeness (QED) is 0.804. The number of hydrogen-bond acceptors (Lipinski definition) is 2. The van der Waals surface area contributed by atoms with Crippen molar-refractivity contribution in [3.63, 3.8) is 0 Å². The van der Waals surface area contributed by atoms with E-state index in [4.69, 9.17) is 27.9 Å². The Kier molecular flexibility index (Phi) is 6.37. The van der Waals surface area contributed by atoms with Gasteiger partial charge in [-0.15, -0.1) is 0 Å². The van der Waals surface area contributed by atoms with Gasteiger partial charge in [0.25, 0.3) is 0 Å². The van der Waals surface area contributed by atoms with E-state index in [9.17, 15) is 0 Å². The molecule has 0 aromatic heterocycles. The average Bonchev–Trinajstić information content (AvgIpc) is 2.47. The highest BCUT2D eigenvalue weighted by molar-refractivity contribution is 6.30. The molecular weight excluding hydrogens is 305 g/mol. The van der Waals surface area contributed by atoms with E-state index in [1.807, 2.05) is 42.5 Å². The van der Waals surface area contributed by atoms with Gasteiger partial charge in [0.2, 0.25) is 0 Å². The third-order valence-electron chi connectivity index (χ3n) is 3.13. The van der Waals surface area contributed by atoms with Gasteiger partial charge in [0.15, 0.2) is 0 Å². The van der Waals surface area contributed by atoms with E-state index in [1.54, 1.807) is 0 Å². The van der Waals surface area contributed by atoms with Gasteiger partial charge in [-0.2, -0.15) is 0 Å². The first kappa shape index (κ1) is 16.2. The smallest absolute Gasteiger partial charge is 0.119 e. The lowest BCUT2D eigenvalue weighted by Crippen LogP contribution is -2.36. The van der Waals surface area contributed by atoms with Crippen LogP contribution in [-0.2, 0) is 6.42 Å². The summed E-state index contributed by atoms with van der Waals surface area (Å²) in [6, 6.07) is 15.6. The molecule has 0 bridgehead atoms. The van der Waals surface area contributed by atoms with Crippen molar-refractivity contribution in [2.24, 2.45) is 0 Å². The van der Waals surface area contributed by atoms with Crippen LogP contribution in [0.2, 0.25) is 10.0 Å². The largest absolute Gasteiger partial charge is 0.492 e. The van der Waals surface area contributed by atoms with Crippen molar-refractivity contribution >= 4 is 23.2 Å². The van der Waals surface area contributed by atoms with Crippen LogP contribution in [0.25, 0.3) is 0 Å². The average molecular weight is 324 g/mol. The molecule has 21 heavy (non-hydrogen) atoms. The monoisotopic (exact) mass is 323 g/mol. The molecule has 0 saturated heterocycles. The van der Waals surface area contributed by atoms with E-state index in [0.29, 0.717) is 11.6 Å². The molecule has 0 saturated carbocycles. The van der Waals surface area contributed by atoms with Crippen molar-refractivity contribution in [3.05, 3.63) is 64.1 Å². The Labute approximate surface area is 136 Å². The third-order valence-corrected chi connectivity index (χ3v) is 3.62. The molecular formula is C17H19Cl2NO. The number of rotatable bonds is 7. The molecule has 1 N–H and O–H groups in total. The first-order valence-corrected chi connectivity index (χ1v) is 7.79. The zero-order valence-electron chi connectivity index (χ0n) is 12.0. The van der Waals surface area contributed by atoms with Crippen LogP contribution >= 0.6 is 23.2 Å². The highest BCUT2D eigenvalue weighted by Crippen LogP contribution is 2.17. The minimum Gasteiger partial charge on any atom is -0.492 e. The Morgan fingerprint density at radius 3 is 2.48 bits per heavy atom. The molecule has 112 valence electrons. The SMILES string of the molecule is CCNC(COc1ccc(Cl)cc1)Cc1cccc(Cl)c1. The van der Waals surface area contributed by atoms with E-state index in [0.717, 1.165) is 23.7 Å². The summed E-state index contributed by atoms with van der Waals surface area (Å²) in [7, 11) is 0. The molecule has 0 heterocycles. The van der Waals surface area contributed by atoms with Gasteiger partial charge in [-0.1, -0.05) is 42.3 Å². The van der Waals surface area contributed by atoms with E-state index in [1.165, 1.54) is 5.56 Å². The molecule has 2 aromatic rings. The second-order valence-electron chi connectivity index (χ2n) is 4.85. The van der Waals surface area contributed by atoms with Crippen molar-refractivity contribution < 1.29 is 4.74 Å². The fourth-order valence-electron chi connectivity index (χ4n) is 2.15. The molecule has 0 aliphatic rings. The summed E-state index contributed by atoms with van der Waals surface area (Å²) in [6.07, 6.45) is 0.877. The maximum absolute atomic E-state index is 6.03. The second kappa shape index (κ2) is 8.28. The summed E-state index contributed by atoms with van der Waals surface area (Å²) in [4.78, 5) is 0. The van der Waals surface area contributed by atoms with Crippen molar-refractivity contribution in [3.8, 4) is 5.75 Å². The van der Waals surface area contributed by atoms with Crippen LogP contribution in [0.15, 0.2) is 48.5 Å². The Bertz CT molecular complexity index is 557. The van der Waals surface area contributed by atoms with Crippen molar-refractivity contribution in [2.45, 2.75) is 19.4 Å². The molecule has 0 spiro atoms. The van der Waals surface area contributed by atoms with E-state index >= 15 is 0 Å². The fourth-order valence-corrected chi connectivity index (χ4v) is 2.49. The van der Waals surface area contributed by atoms with Gasteiger partial charge in [-0.05, 0) is 54.9 Å². The van der Waals surface area contributed by atoms with E-state index in [2.05, 4.69) is 18.3 Å². The molecule has 0 radical (unpaired) electrons. The topological polar surface area (TPSA) is 21.3 Å². The van der Waals surface area contributed by atoms with Crippen molar-refractivity contribution in [2.75, 3.05) is 13.2 Å². The number of hydrogen-bond donors (Lipinski definition) is 1. The molecule has 0 aliphatic carbocycles. The Morgan fingerprint density at radius 2 is 1.81 bits per heavy atom. The van der Waals surface area contributed by atoms with Crippen LogP contribution in [0.4, 0.5) is 0 Å². The van der Waals surface area contributed by atoms with Gasteiger partial charge in [0, 0.05) is 16.1 Å². The molecule has 0 aliphatic heterocycles. The minimum absolute atomic E-state index is 0.240. The Morgan fingerprint density at radius 1 is 1.05 bits per heavy atom. The van der Waals surface area contributed by atoms with Crippen LogP contribution in [-0.4, -0.2) is 19.2 Å². The number of ether oxygens (including phenoxy) is 1. The maximum atomic E-state index is 6.03. The lowest BCUT2D eigenvalue weighted by atomic mass is 10.1. The Hall–Kier alpha value is -1.22. The van der Waals surface area contributed by atoms with Crippen LogP contribution < -0.4 is 10.1 Å². The molecule has 0 amide bonds. The summed E-state index contributed by atoms with van der Waals surface area (Å²) in [6.45, 7) is 3.59. The standard InChI is InChI=1S/C17H19Cl2NO/c1-2-20-16(11-13-4-3-5-15(19)10-13)12-21-17-8-6-14(18)7-9-17/h3-10,16,20H,2,11-12H2,1H3. The number of likely N-dealkylation sites (N-methyl/N-ethyl adjacent to an activating group) is 1. The lowest BCUT2D eigenvalue weighted by molar-refractivity contribution is 0.265. The zero-order chi connectivity index (χ0) is 15.1. The number of halogens is 2. The van der Waals surface area contributed by atoms with Gasteiger partial charge in [-0.25, -0.2) is 0 Å².